The van der Waals surface area contributed by atoms with E-state index in [1.54, 1.807) is 0 Å². The van der Waals surface area contributed by atoms with Gasteiger partial charge in [0, 0.05) is 38.8 Å². The van der Waals surface area contributed by atoms with Gasteiger partial charge in [-0.05, 0) is 18.8 Å². The molecular formula is C15H31N3O. The predicted molar refractivity (Wildman–Crippen MR) is 80.2 cm³/mol. The van der Waals surface area contributed by atoms with Crippen LogP contribution in [-0.2, 0) is 4.79 Å². The molecule has 19 heavy (non-hydrogen) atoms. The number of hydrogen-bond acceptors (Lipinski definition) is 3. The summed E-state index contributed by atoms with van der Waals surface area (Å²) in [6, 6.07) is 0.491. The maximum absolute atomic E-state index is 12.5. The lowest BCUT2D eigenvalue weighted by Gasteiger charge is -2.34. The second kappa shape index (κ2) is 7.85. The van der Waals surface area contributed by atoms with Gasteiger partial charge in [0.1, 0.15) is 0 Å². The highest BCUT2D eigenvalue weighted by atomic mass is 16.2. The fourth-order valence-electron chi connectivity index (χ4n) is 2.61. The Bertz CT molecular complexity index is 269. The Labute approximate surface area is 118 Å². The zero-order valence-corrected chi connectivity index (χ0v) is 13.3. The molecule has 0 saturated carbocycles. The third-order valence-corrected chi connectivity index (χ3v) is 3.34. The molecule has 4 nitrogen and oxygen atoms in total. The van der Waals surface area contributed by atoms with E-state index in [1.807, 2.05) is 4.90 Å². The fourth-order valence-corrected chi connectivity index (χ4v) is 2.61. The standard InChI is InChI=1S/C15H31N3O/c1-12(2)8-18(9-13(3)4)15(19)11-17-7-6-16-14(5)10-17/h12-14,16H,6-11H2,1-5H3. The van der Waals surface area contributed by atoms with Crippen molar-refractivity contribution in [3.63, 3.8) is 0 Å². The third-order valence-electron chi connectivity index (χ3n) is 3.34. The van der Waals surface area contributed by atoms with E-state index in [-0.39, 0.29) is 5.91 Å². The van der Waals surface area contributed by atoms with Crippen LogP contribution in [0.25, 0.3) is 0 Å². The number of rotatable bonds is 6. The van der Waals surface area contributed by atoms with Crippen molar-refractivity contribution in [2.24, 2.45) is 11.8 Å². The van der Waals surface area contributed by atoms with Crippen molar-refractivity contribution in [3.8, 4) is 0 Å². The Morgan fingerprint density at radius 2 is 1.84 bits per heavy atom. The van der Waals surface area contributed by atoms with Crippen LogP contribution < -0.4 is 5.32 Å². The first-order valence-corrected chi connectivity index (χ1v) is 7.62. The van der Waals surface area contributed by atoms with E-state index in [1.165, 1.54) is 0 Å². The molecule has 0 bridgehead atoms. The molecule has 1 aliphatic rings. The van der Waals surface area contributed by atoms with E-state index in [0.717, 1.165) is 32.7 Å². The van der Waals surface area contributed by atoms with Crippen LogP contribution in [0.15, 0.2) is 0 Å². The van der Waals surface area contributed by atoms with E-state index in [2.05, 4.69) is 44.8 Å². The molecule has 1 atom stereocenters. The van der Waals surface area contributed by atoms with Crippen LogP contribution >= 0.6 is 0 Å². The molecule has 0 aliphatic carbocycles. The van der Waals surface area contributed by atoms with Crippen LogP contribution in [0.1, 0.15) is 34.6 Å². The lowest BCUT2D eigenvalue weighted by atomic mass is 10.1. The molecule has 0 aromatic rings. The first-order valence-electron chi connectivity index (χ1n) is 7.62. The molecule has 0 aromatic heterocycles. The highest BCUT2D eigenvalue weighted by Gasteiger charge is 2.22. The lowest BCUT2D eigenvalue weighted by molar-refractivity contribution is -0.133. The minimum Gasteiger partial charge on any atom is -0.341 e. The monoisotopic (exact) mass is 269 g/mol. The van der Waals surface area contributed by atoms with Gasteiger partial charge in [0.05, 0.1) is 6.54 Å². The Morgan fingerprint density at radius 3 is 2.32 bits per heavy atom. The van der Waals surface area contributed by atoms with Crippen molar-refractivity contribution in [1.29, 1.82) is 0 Å². The van der Waals surface area contributed by atoms with E-state index in [9.17, 15) is 4.79 Å². The van der Waals surface area contributed by atoms with Gasteiger partial charge in [-0.25, -0.2) is 0 Å². The maximum Gasteiger partial charge on any atom is 0.236 e. The van der Waals surface area contributed by atoms with Crippen LogP contribution in [0, 0.1) is 11.8 Å². The van der Waals surface area contributed by atoms with Crippen molar-refractivity contribution < 1.29 is 4.79 Å². The summed E-state index contributed by atoms with van der Waals surface area (Å²) in [5.41, 5.74) is 0. The zero-order valence-electron chi connectivity index (χ0n) is 13.3. The molecule has 1 N–H and O–H groups in total. The van der Waals surface area contributed by atoms with Gasteiger partial charge < -0.3 is 10.2 Å². The van der Waals surface area contributed by atoms with Crippen molar-refractivity contribution in [1.82, 2.24) is 15.1 Å². The molecule has 0 aromatic carbocycles. The average molecular weight is 269 g/mol. The summed E-state index contributed by atoms with van der Waals surface area (Å²) in [5.74, 6) is 1.35. The zero-order chi connectivity index (χ0) is 14.4. The molecule has 1 amide bonds. The van der Waals surface area contributed by atoms with Crippen molar-refractivity contribution in [2.75, 3.05) is 39.3 Å². The van der Waals surface area contributed by atoms with Gasteiger partial charge >= 0.3 is 0 Å². The molecule has 1 heterocycles. The van der Waals surface area contributed by atoms with Crippen molar-refractivity contribution in [3.05, 3.63) is 0 Å². The summed E-state index contributed by atoms with van der Waals surface area (Å²) in [6.45, 7) is 16.1. The number of hydrogen-bond donors (Lipinski definition) is 1. The quantitative estimate of drug-likeness (QED) is 0.792. The summed E-state index contributed by atoms with van der Waals surface area (Å²) in [4.78, 5) is 16.8. The van der Waals surface area contributed by atoms with Crippen molar-refractivity contribution in [2.45, 2.75) is 40.7 Å². The molecule has 112 valence electrons. The molecule has 0 spiro atoms. The number of piperazine rings is 1. The highest BCUT2D eigenvalue weighted by Crippen LogP contribution is 2.06. The Kier molecular flexibility index (Phi) is 6.80. The summed E-state index contributed by atoms with van der Waals surface area (Å²) in [6.07, 6.45) is 0. The lowest BCUT2D eigenvalue weighted by Crippen LogP contribution is -2.52. The Hall–Kier alpha value is -0.610. The van der Waals surface area contributed by atoms with E-state index in [4.69, 9.17) is 0 Å². The fraction of sp³-hybridized carbons (Fsp3) is 0.933. The Balaban J connectivity index is 2.50. The van der Waals surface area contributed by atoms with Gasteiger partial charge in [0.15, 0.2) is 0 Å². The van der Waals surface area contributed by atoms with Gasteiger partial charge in [-0.15, -0.1) is 0 Å². The smallest absolute Gasteiger partial charge is 0.236 e. The highest BCUT2D eigenvalue weighted by molar-refractivity contribution is 5.78. The average Bonchev–Trinajstić information content (AvgIpc) is 2.26. The summed E-state index contributed by atoms with van der Waals surface area (Å²) < 4.78 is 0. The predicted octanol–water partition coefficient (Wildman–Crippen LogP) is 1.42. The molecule has 1 saturated heterocycles. The number of nitrogens with zero attached hydrogens (tertiary/aromatic N) is 2. The van der Waals surface area contributed by atoms with E-state index in [0.29, 0.717) is 24.4 Å². The van der Waals surface area contributed by atoms with Crippen LogP contribution in [0.4, 0.5) is 0 Å². The number of amides is 1. The molecule has 1 unspecified atom stereocenters. The van der Waals surface area contributed by atoms with Gasteiger partial charge in [-0.1, -0.05) is 27.7 Å². The summed E-state index contributed by atoms with van der Waals surface area (Å²) in [7, 11) is 0. The minimum atomic E-state index is 0.288. The van der Waals surface area contributed by atoms with Crippen molar-refractivity contribution >= 4 is 5.91 Å². The summed E-state index contributed by atoms with van der Waals surface area (Å²) >= 11 is 0. The van der Waals surface area contributed by atoms with Gasteiger partial charge in [-0.2, -0.15) is 0 Å². The Morgan fingerprint density at radius 1 is 1.26 bits per heavy atom. The van der Waals surface area contributed by atoms with Crippen LogP contribution in [-0.4, -0.2) is 61.0 Å². The normalized spacial score (nSPS) is 21.1. The first kappa shape index (κ1) is 16.4. The summed E-state index contributed by atoms with van der Waals surface area (Å²) in [5, 5.41) is 3.41. The number of carbonyl (C=O) groups is 1. The second-order valence-electron chi connectivity index (χ2n) is 6.68. The topological polar surface area (TPSA) is 35.6 Å². The minimum absolute atomic E-state index is 0.288. The van der Waals surface area contributed by atoms with E-state index >= 15 is 0 Å². The van der Waals surface area contributed by atoms with E-state index < -0.39 is 0 Å². The molecule has 0 radical (unpaired) electrons. The third kappa shape index (κ3) is 6.39. The van der Waals surface area contributed by atoms with Gasteiger partial charge in [0.25, 0.3) is 0 Å². The maximum atomic E-state index is 12.5. The van der Waals surface area contributed by atoms with Crippen LogP contribution in [0.5, 0.6) is 0 Å². The second-order valence-corrected chi connectivity index (χ2v) is 6.68. The first-order chi connectivity index (χ1) is 8.88. The molecule has 1 rings (SSSR count). The number of nitrogens with one attached hydrogen (secondary N) is 1. The number of carbonyl (C=O) groups excluding carboxylic acids is 1. The molecule has 1 aliphatic heterocycles. The van der Waals surface area contributed by atoms with Gasteiger partial charge in [-0.3, -0.25) is 9.69 Å². The largest absolute Gasteiger partial charge is 0.341 e. The molecular weight excluding hydrogens is 238 g/mol. The van der Waals surface area contributed by atoms with Gasteiger partial charge in [0.2, 0.25) is 5.91 Å². The van der Waals surface area contributed by atoms with Crippen LogP contribution in [0.3, 0.4) is 0 Å². The molecule has 4 heteroatoms. The van der Waals surface area contributed by atoms with Crippen LogP contribution in [0.2, 0.25) is 0 Å². The molecule has 1 fully saturated rings. The SMILES string of the molecule is CC(C)CN(CC(C)C)C(=O)CN1CCNC(C)C1.